The number of esters is 1. The molecular formula is C18H27N3O7Si. The lowest BCUT2D eigenvalue weighted by Crippen LogP contribution is -2.24. The largest absolute Gasteiger partial charge is 0.466 e. The summed E-state index contributed by atoms with van der Waals surface area (Å²) >= 11 is 0. The van der Waals surface area contributed by atoms with Gasteiger partial charge in [-0.3, -0.25) is 29.8 Å². The smallest absolute Gasteiger partial charge is 0.346 e. The van der Waals surface area contributed by atoms with Crippen LogP contribution in [-0.4, -0.2) is 42.9 Å². The normalized spacial score (nSPS) is 11.0. The number of nitro benzene ring substituents is 2. The first-order chi connectivity index (χ1) is 13.5. The van der Waals surface area contributed by atoms with Crippen molar-refractivity contribution in [3.05, 3.63) is 44.0 Å². The molecule has 0 bridgehead atoms. The second-order valence-electron chi connectivity index (χ2n) is 7.82. The van der Waals surface area contributed by atoms with Crippen molar-refractivity contribution in [3.8, 4) is 0 Å². The molecule has 0 saturated heterocycles. The second kappa shape index (κ2) is 11.2. The topological polar surface area (TPSA) is 142 Å². The van der Waals surface area contributed by atoms with Crippen LogP contribution in [0.25, 0.3) is 0 Å². The van der Waals surface area contributed by atoms with Crippen molar-refractivity contribution in [1.29, 1.82) is 0 Å². The second-order valence-corrected chi connectivity index (χ2v) is 13.4. The molecule has 0 aromatic heterocycles. The molecule has 0 fully saturated rings. The Bertz CT molecular complexity index is 762. The molecule has 0 atom stereocenters. The summed E-state index contributed by atoms with van der Waals surface area (Å²) in [6.07, 6.45) is 2.31. The highest BCUT2D eigenvalue weighted by molar-refractivity contribution is 6.76. The monoisotopic (exact) mass is 425 g/mol. The summed E-state index contributed by atoms with van der Waals surface area (Å²) in [4.78, 5) is 43.7. The van der Waals surface area contributed by atoms with Gasteiger partial charge >= 0.3 is 17.3 Å². The number of nitro groups is 2. The first kappa shape index (κ1) is 24.2. The molecule has 0 radical (unpaired) electrons. The molecule has 1 rings (SSSR count). The van der Waals surface area contributed by atoms with Gasteiger partial charge in [0.2, 0.25) is 0 Å². The molecule has 29 heavy (non-hydrogen) atoms. The Kier molecular flexibility index (Phi) is 9.39. The van der Waals surface area contributed by atoms with Gasteiger partial charge in [0, 0.05) is 38.7 Å². The lowest BCUT2D eigenvalue weighted by atomic mass is 10.1. The van der Waals surface area contributed by atoms with E-state index in [-0.39, 0.29) is 11.5 Å². The fourth-order valence-electron chi connectivity index (χ4n) is 2.38. The molecule has 0 heterocycles. The zero-order valence-electron chi connectivity index (χ0n) is 16.9. The van der Waals surface area contributed by atoms with Crippen molar-refractivity contribution in [3.63, 3.8) is 0 Å². The van der Waals surface area contributed by atoms with E-state index < -0.39 is 35.2 Å². The van der Waals surface area contributed by atoms with Crippen molar-refractivity contribution in [2.75, 3.05) is 13.2 Å². The van der Waals surface area contributed by atoms with Gasteiger partial charge in [0.15, 0.2) is 0 Å². The van der Waals surface area contributed by atoms with E-state index in [1.807, 2.05) is 0 Å². The number of ether oxygens (including phenoxy) is 1. The van der Waals surface area contributed by atoms with Crippen LogP contribution in [-0.2, 0) is 9.53 Å². The highest BCUT2D eigenvalue weighted by atomic mass is 28.3. The Balaban J connectivity index is 2.32. The van der Waals surface area contributed by atoms with Crippen LogP contribution < -0.4 is 5.32 Å². The van der Waals surface area contributed by atoms with Crippen molar-refractivity contribution < 1.29 is 24.2 Å². The molecule has 0 saturated carbocycles. The molecule has 1 aromatic rings. The molecule has 0 aliphatic rings. The van der Waals surface area contributed by atoms with Gasteiger partial charge in [0.1, 0.15) is 0 Å². The zero-order chi connectivity index (χ0) is 22.0. The molecule has 160 valence electrons. The van der Waals surface area contributed by atoms with Gasteiger partial charge in [-0.2, -0.15) is 0 Å². The van der Waals surface area contributed by atoms with Crippen LogP contribution in [0.15, 0.2) is 18.2 Å². The number of nitrogens with one attached hydrogen (secondary N) is 1. The summed E-state index contributed by atoms with van der Waals surface area (Å²) in [6, 6.07) is 3.95. The highest BCUT2D eigenvalue weighted by Crippen LogP contribution is 2.27. The first-order valence-electron chi connectivity index (χ1n) is 9.38. The maximum absolute atomic E-state index is 12.1. The van der Waals surface area contributed by atoms with Crippen molar-refractivity contribution in [2.24, 2.45) is 0 Å². The van der Waals surface area contributed by atoms with E-state index in [1.54, 1.807) is 0 Å². The summed E-state index contributed by atoms with van der Waals surface area (Å²) in [6.45, 7) is 7.43. The number of unbranched alkanes of at least 4 members (excludes halogenated alkanes) is 2. The van der Waals surface area contributed by atoms with Crippen LogP contribution in [0.4, 0.5) is 11.4 Å². The maximum atomic E-state index is 12.1. The van der Waals surface area contributed by atoms with E-state index in [9.17, 15) is 29.8 Å². The van der Waals surface area contributed by atoms with Gasteiger partial charge in [-0.05, 0) is 25.0 Å². The number of rotatable bonds is 12. The van der Waals surface area contributed by atoms with Gasteiger partial charge in [-0.25, -0.2) is 0 Å². The number of carbonyl (C=O) groups is 2. The van der Waals surface area contributed by atoms with Gasteiger partial charge in [0.05, 0.1) is 16.5 Å². The van der Waals surface area contributed by atoms with E-state index in [4.69, 9.17) is 4.74 Å². The molecule has 1 aromatic carbocycles. The molecule has 0 unspecified atom stereocenters. The zero-order valence-corrected chi connectivity index (χ0v) is 17.9. The minimum atomic E-state index is -1.22. The molecule has 1 amide bonds. The van der Waals surface area contributed by atoms with Gasteiger partial charge in [-0.1, -0.05) is 26.1 Å². The number of hydrogen-bond acceptors (Lipinski definition) is 7. The van der Waals surface area contributed by atoms with Gasteiger partial charge in [-0.15, -0.1) is 0 Å². The van der Waals surface area contributed by atoms with Crippen molar-refractivity contribution in [1.82, 2.24) is 5.32 Å². The fraction of sp³-hybridized carbons (Fsp3) is 0.556. The minimum absolute atomic E-state index is 0.0201. The molecule has 0 spiro atoms. The molecule has 0 aliphatic heterocycles. The predicted molar refractivity (Wildman–Crippen MR) is 110 cm³/mol. The Morgan fingerprint density at radius 3 is 2.28 bits per heavy atom. The standard InChI is InChI=1S/C18H27N3O7Si/c1-29(2,3)12-11-28-17(22)7-5-4-6-10-19-18(23)14-8-9-15(20(24)25)16(13-14)21(26)27/h8-9,13H,4-7,10-12H2,1-3H3,(H,19,23). The first-order valence-corrected chi connectivity index (χ1v) is 13.1. The lowest BCUT2D eigenvalue weighted by Gasteiger charge is -2.15. The summed E-state index contributed by atoms with van der Waals surface area (Å²) in [7, 11) is -1.22. The third-order valence-electron chi connectivity index (χ3n) is 4.09. The van der Waals surface area contributed by atoms with Crippen molar-refractivity contribution >= 4 is 31.3 Å². The van der Waals surface area contributed by atoms with Crippen LogP contribution in [0.2, 0.25) is 25.7 Å². The Hall–Kier alpha value is -2.82. The molecule has 1 N–H and O–H groups in total. The average Bonchev–Trinajstić information content (AvgIpc) is 2.62. The van der Waals surface area contributed by atoms with Gasteiger partial charge in [0.25, 0.3) is 5.91 Å². The lowest BCUT2D eigenvalue weighted by molar-refractivity contribution is -0.422. The summed E-state index contributed by atoms with van der Waals surface area (Å²) in [5, 5.41) is 24.3. The van der Waals surface area contributed by atoms with Gasteiger partial charge < -0.3 is 10.1 Å². The summed E-state index contributed by atoms with van der Waals surface area (Å²) < 4.78 is 5.20. The van der Waals surface area contributed by atoms with Crippen LogP contribution in [0.5, 0.6) is 0 Å². The molecule has 0 aliphatic carbocycles. The van der Waals surface area contributed by atoms with Crippen LogP contribution in [0.1, 0.15) is 36.0 Å². The van der Waals surface area contributed by atoms with E-state index in [0.29, 0.717) is 38.8 Å². The number of carbonyl (C=O) groups excluding carboxylic acids is 2. The maximum Gasteiger partial charge on any atom is 0.346 e. The van der Waals surface area contributed by atoms with E-state index >= 15 is 0 Å². The van der Waals surface area contributed by atoms with Crippen LogP contribution >= 0.6 is 0 Å². The molecular weight excluding hydrogens is 398 g/mol. The summed E-state index contributed by atoms with van der Waals surface area (Å²) in [5.74, 6) is -0.765. The van der Waals surface area contributed by atoms with E-state index in [1.165, 1.54) is 6.07 Å². The summed E-state index contributed by atoms with van der Waals surface area (Å²) in [5.41, 5.74) is -1.41. The minimum Gasteiger partial charge on any atom is -0.466 e. The third-order valence-corrected chi connectivity index (χ3v) is 5.79. The Morgan fingerprint density at radius 2 is 1.69 bits per heavy atom. The Labute approximate surface area is 169 Å². The number of nitrogens with zero attached hydrogens (tertiary/aromatic N) is 2. The number of amides is 1. The quantitative estimate of drug-likeness (QED) is 0.177. The molecule has 10 nitrogen and oxygen atoms in total. The number of hydrogen-bond donors (Lipinski definition) is 1. The van der Waals surface area contributed by atoms with E-state index in [2.05, 4.69) is 25.0 Å². The van der Waals surface area contributed by atoms with E-state index in [0.717, 1.165) is 18.2 Å². The molecule has 11 heteroatoms. The van der Waals surface area contributed by atoms with Crippen LogP contribution in [0, 0.1) is 20.2 Å². The fourth-order valence-corrected chi connectivity index (χ4v) is 3.10. The third kappa shape index (κ3) is 9.28. The van der Waals surface area contributed by atoms with Crippen molar-refractivity contribution in [2.45, 2.75) is 51.4 Å². The highest BCUT2D eigenvalue weighted by Gasteiger charge is 2.25. The number of benzene rings is 1. The SMILES string of the molecule is C[Si](C)(C)CCOC(=O)CCCCCNC(=O)c1ccc([N+](=O)[O-])c([N+](=O)[O-])c1. The Morgan fingerprint density at radius 1 is 1.03 bits per heavy atom. The van der Waals surface area contributed by atoms with Crippen LogP contribution in [0.3, 0.4) is 0 Å². The predicted octanol–water partition coefficient (Wildman–Crippen LogP) is 3.67. The average molecular weight is 426 g/mol.